The lowest BCUT2D eigenvalue weighted by Crippen LogP contribution is -2.56. The molecule has 0 bridgehead atoms. The Kier molecular flexibility index (Phi) is 24.7. The van der Waals surface area contributed by atoms with Crippen LogP contribution < -0.4 is 27.2 Å². The Labute approximate surface area is 385 Å². The molecule has 1 aromatic heterocycles. The van der Waals surface area contributed by atoms with Gasteiger partial charge in [-0.05, 0) is 38.8 Å². The summed E-state index contributed by atoms with van der Waals surface area (Å²) >= 11 is 0. The number of aliphatic hydroxyl groups is 1. The third-order valence-corrected chi connectivity index (χ3v) is 10.7. The van der Waals surface area contributed by atoms with Crippen molar-refractivity contribution in [2.45, 2.75) is 174 Å². The predicted molar refractivity (Wildman–Crippen MR) is 239 cm³/mol. The number of carbonyl (C=O) groups excluding carboxylic acids is 6. The van der Waals surface area contributed by atoms with Crippen LogP contribution in [-0.2, 0) is 59.0 Å². The van der Waals surface area contributed by atoms with Crippen LogP contribution in [0.2, 0.25) is 0 Å². The predicted octanol–water partition coefficient (Wildman–Crippen LogP) is 3.61. The molecule has 2 aromatic rings. The summed E-state index contributed by atoms with van der Waals surface area (Å²) in [5, 5.41) is 19.8. The number of benzene rings is 1. The Hall–Kier alpha value is -5.60. The first-order valence-electron chi connectivity index (χ1n) is 23.0. The van der Waals surface area contributed by atoms with E-state index in [0.717, 1.165) is 49.9 Å². The van der Waals surface area contributed by atoms with Crippen molar-refractivity contribution in [1.82, 2.24) is 25.5 Å². The molecule has 2 heterocycles. The van der Waals surface area contributed by atoms with Crippen LogP contribution in [0, 0.1) is 0 Å². The second-order valence-corrected chi connectivity index (χ2v) is 16.1. The minimum Gasteiger partial charge on any atom is -0.465 e. The number of hydrogen-bond acceptors (Lipinski definition) is 16. The number of esters is 4. The SMILES string of the molecule is CCCCCCCCCCCCCC(=O)OC(C)C(NC(=O)OCc1ccccc1)C(=O)NCCCNC(C(=O)OCC)C(O)C1OC(n2ccc(=O)[nH]c2=O)C(OC(C)=O)C1OC(C)=O. The van der Waals surface area contributed by atoms with Crippen LogP contribution >= 0.6 is 0 Å². The summed E-state index contributed by atoms with van der Waals surface area (Å²) in [6, 6.07) is 7.02. The number of rotatable bonds is 30. The van der Waals surface area contributed by atoms with Gasteiger partial charge in [0, 0.05) is 39.1 Å². The lowest BCUT2D eigenvalue weighted by molar-refractivity contribution is -0.168. The second-order valence-electron chi connectivity index (χ2n) is 16.1. The first-order chi connectivity index (χ1) is 31.7. The number of amides is 2. The molecule has 1 saturated heterocycles. The van der Waals surface area contributed by atoms with Crippen LogP contribution in [0.3, 0.4) is 0 Å². The molecule has 1 aliphatic rings. The van der Waals surface area contributed by atoms with E-state index in [1.165, 1.54) is 51.9 Å². The summed E-state index contributed by atoms with van der Waals surface area (Å²) in [5.74, 6) is -3.85. The number of aromatic amines is 1. The summed E-state index contributed by atoms with van der Waals surface area (Å²) in [6.45, 7) is 7.12. The minimum absolute atomic E-state index is 0.0319. The highest BCUT2D eigenvalue weighted by Crippen LogP contribution is 2.35. The zero-order valence-electron chi connectivity index (χ0n) is 38.8. The van der Waals surface area contributed by atoms with E-state index in [4.69, 9.17) is 28.4 Å². The molecule has 1 aromatic carbocycles. The number of aromatic nitrogens is 2. The van der Waals surface area contributed by atoms with Gasteiger partial charge in [0.15, 0.2) is 18.4 Å². The van der Waals surface area contributed by atoms with Crippen molar-refractivity contribution in [3.63, 3.8) is 0 Å². The highest BCUT2D eigenvalue weighted by atomic mass is 16.6. The third-order valence-electron chi connectivity index (χ3n) is 10.7. The van der Waals surface area contributed by atoms with E-state index in [-0.39, 0.29) is 39.1 Å². The fourth-order valence-corrected chi connectivity index (χ4v) is 7.42. The van der Waals surface area contributed by atoms with Crippen molar-refractivity contribution in [3.8, 4) is 0 Å². The van der Waals surface area contributed by atoms with Crippen molar-refractivity contribution >= 4 is 35.9 Å². The Balaban J connectivity index is 1.64. The largest absolute Gasteiger partial charge is 0.465 e. The molecule has 0 aliphatic carbocycles. The van der Waals surface area contributed by atoms with Gasteiger partial charge in [0.25, 0.3) is 5.56 Å². The summed E-state index contributed by atoms with van der Waals surface area (Å²) < 4.78 is 33.8. The number of hydrogen-bond donors (Lipinski definition) is 5. The van der Waals surface area contributed by atoms with E-state index in [1.807, 2.05) is 6.07 Å². The van der Waals surface area contributed by atoms with Gasteiger partial charge in [-0.2, -0.15) is 0 Å². The van der Waals surface area contributed by atoms with E-state index < -0.39 is 96.0 Å². The number of nitrogens with one attached hydrogen (secondary N) is 4. The zero-order chi connectivity index (χ0) is 48.4. The summed E-state index contributed by atoms with van der Waals surface area (Å²) in [6.07, 6.45) is 3.58. The summed E-state index contributed by atoms with van der Waals surface area (Å²) in [5.41, 5.74) is -0.976. The summed E-state index contributed by atoms with van der Waals surface area (Å²) in [4.78, 5) is 104. The first-order valence-corrected chi connectivity index (χ1v) is 23.0. The van der Waals surface area contributed by atoms with E-state index in [0.29, 0.717) is 12.0 Å². The molecule has 0 radical (unpaired) electrons. The minimum atomic E-state index is -1.86. The fraction of sp³-hybridized carbons (Fsp3) is 0.652. The van der Waals surface area contributed by atoms with Gasteiger partial charge in [-0.1, -0.05) is 101 Å². The lowest BCUT2D eigenvalue weighted by Gasteiger charge is -2.30. The number of H-pyrrole nitrogens is 1. The molecule has 2 amide bonds. The van der Waals surface area contributed by atoms with Crippen molar-refractivity contribution in [2.75, 3.05) is 19.7 Å². The summed E-state index contributed by atoms with van der Waals surface area (Å²) in [7, 11) is 0. The van der Waals surface area contributed by atoms with Crippen molar-refractivity contribution < 1.29 is 62.3 Å². The van der Waals surface area contributed by atoms with Crippen molar-refractivity contribution in [2.24, 2.45) is 0 Å². The van der Waals surface area contributed by atoms with Gasteiger partial charge in [-0.3, -0.25) is 38.3 Å². The maximum absolute atomic E-state index is 13.6. The molecule has 0 spiro atoms. The van der Waals surface area contributed by atoms with Gasteiger partial charge in [0.1, 0.15) is 37.0 Å². The van der Waals surface area contributed by atoms with Crippen molar-refractivity contribution in [1.29, 1.82) is 0 Å². The van der Waals surface area contributed by atoms with E-state index in [9.17, 15) is 43.5 Å². The fourth-order valence-electron chi connectivity index (χ4n) is 7.42. The van der Waals surface area contributed by atoms with Crippen LogP contribution in [0.1, 0.15) is 130 Å². The lowest BCUT2D eigenvalue weighted by atomic mass is 9.98. The Morgan fingerprint density at radius 2 is 1.41 bits per heavy atom. The zero-order valence-corrected chi connectivity index (χ0v) is 38.8. The van der Waals surface area contributed by atoms with Crippen LogP contribution in [0.25, 0.3) is 0 Å². The van der Waals surface area contributed by atoms with Gasteiger partial charge in [-0.15, -0.1) is 0 Å². The smallest absolute Gasteiger partial charge is 0.408 e. The normalized spacial score (nSPS) is 18.5. The molecule has 8 atom stereocenters. The van der Waals surface area contributed by atoms with E-state index >= 15 is 0 Å². The average molecular weight is 932 g/mol. The van der Waals surface area contributed by atoms with Crippen LogP contribution in [0.4, 0.5) is 4.79 Å². The molecule has 1 aliphatic heterocycles. The topological polar surface area (TPSA) is 269 Å². The van der Waals surface area contributed by atoms with Gasteiger partial charge in [0.05, 0.1) is 6.61 Å². The molecule has 20 heteroatoms. The number of alkyl carbamates (subject to hydrolysis) is 1. The highest BCUT2D eigenvalue weighted by molar-refractivity contribution is 5.86. The number of carbonyl (C=O) groups is 6. The first kappa shape index (κ1) is 54.7. The Morgan fingerprint density at radius 3 is 2.02 bits per heavy atom. The molecular formula is C46H69N5O15. The molecule has 66 heavy (non-hydrogen) atoms. The van der Waals surface area contributed by atoms with Gasteiger partial charge in [0.2, 0.25) is 5.91 Å². The van der Waals surface area contributed by atoms with E-state index in [2.05, 4.69) is 27.9 Å². The standard InChI is InChI=1S/C46H69N5O15/c1-6-8-9-10-11-12-13-14-15-16-20-24-35(55)63-30(3)36(50-46(60)62-29-33-22-18-17-19-23-33)42(57)48-27-21-26-47-37(44(58)61-7-2)38(56)39-40(64-31(4)52)41(65-32(5)53)43(66-39)51-28-25-34(54)49-45(51)59/h17-19,22-23,25,28,30,36-41,43,47,56H,6-16,20-21,24,26-27,29H2,1-5H3,(H,48,57)(H,50,60)(H,49,54,59). The van der Waals surface area contributed by atoms with Crippen LogP contribution in [-0.4, -0.2) is 113 Å². The molecule has 5 N–H and O–H groups in total. The van der Waals surface area contributed by atoms with Gasteiger partial charge in [-0.25, -0.2) is 9.59 Å². The number of unbranched alkanes of at least 4 members (excludes halogenated alkanes) is 10. The average Bonchev–Trinajstić information content (AvgIpc) is 3.60. The molecule has 1 fully saturated rings. The highest BCUT2D eigenvalue weighted by Gasteiger charge is 2.55. The van der Waals surface area contributed by atoms with Crippen molar-refractivity contribution in [3.05, 3.63) is 69.0 Å². The number of ether oxygens (including phenoxy) is 6. The monoisotopic (exact) mass is 931 g/mol. The van der Waals surface area contributed by atoms with Gasteiger partial charge < -0.3 is 49.5 Å². The molecule has 3 rings (SSSR count). The third kappa shape index (κ3) is 19.1. The Morgan fingerprint density at radius 1 is 0.788 bits per heavy atom. The molecule has 20 nitrogen and oxygen atoms in total. The number of aliphatic hydroxyl groups excluding tert-OH is 1. The second kappa shape index (κ2) is 29.8. The molecule has 0 saturated carbocycles. The Bertz CT molecular complexity index is 1940. The molecular weight excluding hydrogens is 863 g/mol. The molecule has 8 unspecified atom stereocenters. The molecule has 368 valence electrons. The van der Waals surface area contributed by atoms with Crippen LogP contribution in [0.5, 0.6) is 0 Å². The quantitative estimate of drug-likeness (QED) is 0.0425. The number of nitrogens with zero attached hydrogens (tertiary/aromatic N) is 1. The van der Waals surface area contributed by atoms with E-state index in [1.54, 1.807) is 31.2 Å². The maximum Gasteiger partial charge on any atom is 0.408 e. The van der Waals surface area contributed by atoms with Gasteiger partial charge >= 0.3 is 35.7 Å². The maximum atomic E-state index is 13.6. The van der Waals surface area contributed by atoms with Crippen LogP contribution in [0.15, 0.2) is 52.2 Å².